The minimum Gasteiger partial charge on any atom is -0.459 e. The topological polar surface area (TPSA) is 106 Å². The Bertz CT molecular complexity index is 1270. The van der Waals surface area contributed by atoms with Crippen LogP contribution in [-0.4, -0.2) is 18.0 Å². The molecule has 8 heteroatoms. The number of rotatable bonds is 4. The van der Waals surface area contributed by atoms with Crippen molar-refractivity contribution in [3.63, 3.8) is 0 Å². The molecule has 0 aliphatic carbocycles. The van der Waals surface area contributed by atoms with Gasteiger partial charge in [0.25, 0.3) is 0 Å². The van der Waals surface area contributed by atoms with Crippen molar-refractivity contribution in [2.24, 2.45) is 5.73 Å². The van der Waals surface area contributed by atoms with Crippen LogP contribution in [0.15, 0.2) is 75.8 Å². The highest BCUT2D eigenvalue weighted by atomic mass is 79.9. The van der Waals surface area contributed by atoms with E-state index in [2.05, 4.69) is 15.9 Å². The van der Waals surface area contributed by atoms with Crippen LogP contribution in [0.1, 0.15) is 31.9 Å². The summed E-state index contributed by atoms with van der Waals surface area (Å²) in [6, 6.07) is 16.7. The van der Waals surface area contributed by atoms with Crippen LogP contribution in [0.4, 0.5) is 5.69 Å². The predicted octanol–water partition coefficient (Wildman–Crippen LogP) is 4.18. The summed E-state index contributed by atoms with van der Waals surface area (Å²) in [5.74, 6) is -1.26. The maximum atomic E-state index is 14.3. The molecule has 0 bridgehead atoms. The van der Waals surface area contributed by atoms with Crippen LogP contribution >= 0.6 is 15.9 Å². The van der Waals surface area contributed by atoms with E-state index in [9.17, 15) is 14.9 Å². The fourth-order valence-electron chi connectivity index (χ4n) is 4.46. The molecule has 0 unspecified atom stereocenters. The number of allylic oxidation sites excluding steroid dienone is 1. The second kappa shape index (κ2) is 8.41. The molecule has 0 saturated heterocycles. The van der Waals surface area contributed by atoms with Crippen LogP contribution in [-0.2, 0) is 31.0 Å². The molecule has 0 radical (unpaired) electrons. The van der Waals surface area contributed by atoms with Crippen molar-refractivity contribution in [1.82, 2.24) is 0 Å². The number of para-hydroxylation sites is 1. The summed E-state index contributed by atoms with van der Waals surface area (Å²) in [6.07, 6.45) is -0.437. The summed E-state index contributed by atoms with van der Waals surface area (Å²) in [5, 5.41) is 10.1. The molecule has 0 fully saturated rings. The molecule has 2 N–H and O–H groups in total. The summed E-state index contributed by atoms with van der Waals surface area (Å²) >= 11 is 3.46. The lowest BCUT2D eigenvalue weighted by Crippen LogP contribution is -2.48. The van der Waals surface area contributed by atoms with E-state index in [1.165, 1.54) is 0 Å². The van der Waals surface area contributed by atoms with E-state index in [-0.39, 0.29) is 29.3 Å². The molecule has 1 amide bonds. The Balaban J connectivity index is 1.98. The fraction of sp³-hybridized carbons (Fsp3) is 0.240. The van der Waals surface area contributed by atoms with Gasteiger partial charge in [0.2, 0.25) is 11.8 Å². The molecule has 168 valence electrons. The summed E-state index contributed by atoms with van der Waals surface area (Å²) in [5.41, 5.74) is 6.15. The summed E-state index contributed by atoms with van der Waals surface area (Å²) in [4.78, 5) is 29.1. The van der Waals surface area contributed by atoms with Gasteiger partial charge in [-0.3, -0.25) is 4.79 Å². The van der Waals surface area contributed by atoms with Crippen molar-refractivity contribution in [2.75, 3.05) is 4.90 Å². The molecule has 2 aliphatic heterocycles. The second-order valence-corrected chi connectivity index (χ2v) is 9.04. The molecule has 0 aromatic heterocycles. The number of anilines is 1. The number of hydrogen-bond acceptors (Lipinski definition) is 6. The van der Waals surface area contributed by atoms with Gasteiger partial charge in [-0.25, -0.2) is 4.79 Å². The number of benzene rings is 2. The van der Waals surface area contributed by atoms with Crippen LogP contribution in [0.2, 0.25) is 0 Å². The third kappa shape index (κ3) is 3.49. The number of nitriles is 1. The van der Waals surface area contributed by atoms with Crippen LogP contribution in [0.3, 0.4) is 0 Å². The monoisotopic (exact) mass is 507 g/mol. The summed E-state index contributed by atoms with van der Waals surface area (Å²) < 4.78 is 11.9. The van der Waals surface area contributed by atoms with Crippen LogP contribution in [0.5, 0.6) is 0 Å². The first-order valence-corrected chi connectivity index (χ1v) is 11.2. The Hall–Kier alpha value is -3.57. The van der Waals surface area contributed by atoms with Crippen molar-refractivity contribution >= 4 is 33.5 Å². The molecule has 1 spiro atoms. The van der Waals surface area contributed by atoms with E-state index in [0.29, 0.717) is 11.3 Å². The third-order valence-corrected chi connectivity index (χ3v) is 6.16. The van der Waals surface area contributed by atoms with Gasteiger partial charge in [-0.2, -0.15) is 5.26 Å². The first-order chi connectivity index (χ1) is 15.7. The Morgan fingerprint density at radius 2 is 2.00 bits per heavy atom. The van der Waals surface area contributed by atoms with Gasteiger partial charge in [0.05, 0.1) is 12.6 Å². The molecule has 7 nitrogen and oxygen atoms in total. The number of halogens is 1. The minimum absolute atomic E-state index is 0.0313. The molecule has 0 saturated carbocycles. The Kier molecular flexibility index (Phi) is 5.76. The van der Waals surface area contributed by atoms with Gasteiger partial charge in [-0.05, 0) is 44.5 Å². The maximum Gasteiger partial charge on any atom is 0.339 e. The zero-order valence-corrected chi connectivity index (χ0v) is 20.0. The van der Waals surface area contributed by atoms with E-state index in [1.807, 2.05) is 30.3 Å². The van der Waals surface area contributed by atoms with E-state index < -0.39 is 23.4 Å². The molecule has 2 aliphatic rings. The van der Waals surface area contributed by atoms with Crippen molar-refractivity contribution < 1.29 is 19.1 Å². The van der Waals surface area contributed by atoms with E-state index >= 15 is 0 Å². The first-order valence-electron chi connectivity index (χ1n) is 10.4. The average molecular weight is 508 g/mol. The van der Waals surface area contributed by atoms with Crippen molar-refractivity contribution in [3.8, 4) is 6.07 Å². The predicted molar refractivity (Wildman–Crippen MR) is 125 cm³/mol. The highest BCUT2D eigenvalue weighted by Crippen LogP contribution is 2.54. The second-order valence-electron chi connectivity index (χ2n) is 8.13. The van der Waals surface area contributed by atoms with E-state index in [4.69, 9.17) is 15.2 Å². The number of carbonyl (C=O) groups is 2. The summed E-state index contributed by atoms with van der Waals surface area (Å²) in [6.45, 7) is 5.21. The Labute approximate surface area is 200 Å². The van der Waals surface area contributed by atoms with Gasteiger partial charge in [-0.1, -0.05) is 46.3 Å². The quantitative estimate of drug-likeness (QED) is 0.622. The van der Waals surface area contributed by atoms with E-state index in [1.54, 1.807) is 49.9 Å². The van der Waals surface area contributed by atoms with Gasteiger partial charge in [0.1, 0.15) is 23.0 Å². The molecule has 2 aromatic carbocycles. The first kappa shape index (κ1) is 22.6. The van der Waals surface area contributed by atoms with Crippen LogP contribution in [0, 0.1) is 11.3 Å². The highest BCUT2D eigenvalue weighted by Gasteiger charge is 2.62. The number of ether oxygens (including phenoxy) is 2. The molecular formula is C25H22BrN3O4. The lowest BCUT2D eigenvalue weighted by Gasteiger charge is -2.35. The largest absolute Gasteiger partial charge is 0.459 e. The fourth-order valence-corrected chi connectivity index (χ4v) is 4.91. The molecule has 1 atom stereocenters. The number of esters is 1. The normalized spacial score (nSPS) is 19.6. The van der Waals surface area contributed by atoms with Gasteiger partial charge in [0, 0.05) is 15.7 Å². The number of nitrogens with zero attached hydrogens (tertiary/aromatic N) is 2. The smallest absolute Gasteiger partial charge is 0.339 e. The zero-order valence-electron chi connectivity index (χ0n) is 18.4. The van der Waals surface area contributed by atoms with Gasteiger partial charge < -0.3 is 20.1 Å². The average Bonchev–Trinajstić information content (AvgIpc) is 2.97. The standard InChI is InChI=1S/C25H22BrN3O4/c1-14(2)32-23(30)21-15(3)33-22(28)19(12-27)25(21)18-9-4-5-10-20(18)29(24(25)31)13-16-7-6-8-17(26)11-16/h4-11,14H,13,28H2,1-3H3/t25-/m1/s1. The number of nitrogens with two attached hydrogens (primary N) is 1. The van der Waals surface area contributed by atoms with Crippen molar-refractivity contribution in [2.45, 2.75) is 38.8 Å². The SMILES string of the molecule is CC1=C(C(=O)OC(C)C)[C@]2(C(=O)N(Cc3cccc(Br)c3)c3ccccc32)C(C#N)=C(N)O1. The third-order valence-electron chi connectivity index (χ3n) is 5.66. The molecule has 2 heterocycles. The molecule has 4 rings (SSSR count). The van der Waals surface area contributed by atoms with Crippen molar-refractivity contribution in [1.29, 1.82) is 5.26 Å². The Morgan fingerprint density at radius 1 is 1.27 bits per heavy atom. The van der Waals surface area contributed by atoms with Gasteiger partial charge in [-0.15, -0.1) is 0 Å². The summed E-state index contributed by atoms with van der Waals surface area (Å²) in [7, 11) is 0. The molecule has 33 heavy (non-hydrogen) atoms. The number of carbonyl (C=O) groups excluding carboxylic acids is 2. The molecular weight excluding hydrogens is 486 g/mol. The highest BCUT2D eigenvalue weighted by molar-refractivity contribution is 9.10. The minimum atomic E-state index is -1.75. The van der Waals surface area contributed by atoms with Crippen molar-refractivity contribution in [3.05, 3.63) is 86.9 Å². The van der Waals surface area contributed by atoms with E-state index in [0.717, 1.165) is 10.0 Å². The lowest BCUT2D eigenvalue weighted by molar-refractivity contribution is -0.144. The van der Waals surface area contributed by atoms with Gasteiger partial charge in [0.15, 0.2) is 5.41 Å². The van der Waals surface area contributed by atoms with Crippen LogP contribution < -0.4 is 10.6 Å². The Morgan fingerprint density at radius 3 is 2.67 bits per heavy atom. The van der Waals surface area contributed by atoms with Crippen LogP contribution in [0.25, 0.3) is 0 Å². The molecule has 2 aromatic rings. The lowest BCUT2D eigenvalue weighted by atomic mass is 9.68. The van der Waals surface area contributed by atoms with Gasteiger partial charge >= 0.3 is 5.97 Å². The number of amides is 1. The number of hydrogen-bond donors (Lipinski definition) is 1. The zero-order chi connectivity index (χ0) is 23.9. The maximum absolute atomic E-state index is 14.3. The number of fused-ring (bicyclic) bond motifs is 2.